The average molecular weight is 234 g/mol. The molecule has 15 heavy (non-hydrogen) atoms. The van der Waals surface area contributed by atoms with Crippen LogP contribution in [0.5, 0.6) is 0 Å². The van der Waals surface area contributed by atoms with Gasteiger partial charge in [-0.1, -0.05) is 0 Å². The van der Waals surface area contributed by atoms with Gasteiger partial charge in [-0.2, -0.15) is 0 Å². The number of urea groups is 1. The van der Waals surface area contributed by atoms with Crippen molar-refractivity contribution in [2.45, 2.75) is 13.0 Å². The highest BCUT2D eigenvalue weighted by molar-refractivity contribution is 7.84. The lowest BCUT2D eigenvalue weighted by Crippen LogP contribution is -2.49. The van der Waals surface area contributed by atoms with Crippen molar-refractivity contribution in [3.05, 3.63) is 0 Å². The van der Waals surface area contributed by atoms with Gasteiger partial charge in [0, 0.05) is 41.9 Å². The number of morpholine rings is 1. The molecule has 1 rings (SSSR count). The van der Waals surface area contributed by atoms with Crippen LogP contribution in [0, 0.1) is 0 Å². The highest BCUT2D eigenvalue weighted by Crippen LogP contribution is 1.98. The van der Waals surface area contributed by atoms with Gasteiger partial charge in [0.2, 0.25) is 0 Å². The summed E-state index contributed by atoms with van der Waals surface area (Å²) in [5.41, 5.74) is 0. The first-order valence-corrected chi connectivity index (χ1v) is 6.75. The molecule has 5 nitrogen and oxygen atoms in total. The topological polar surface area (TPSA) is 58.6 Å². The molecule has 2 amide bonds. The zero-order valence-corrected chi connectivity index (χ0v) is 10.0. The molecule has 0 aliphatic carbocycles. The summed E-state index contributed by atoms with van der Waals surface area (Å²) in [6.45, 7) is 4.32. The first-order valence-electron chi connectivity index (χ1n) is 5.03. The van der Waals surface area contributed by atoms with Gasteiger partial charge in [-0.15, -0.1) is 0 Å². The van der Waals surface area contributed by atoms with E-state index in [4.69, 9.17) is 4.74 Å². The third-order valence-corrected chi connectivity index (χ3v) is 3.12. The summed E-state index contributed by atoms with van der Waals surface area (Å²) in [4.78, 5) is 13.4. The second-order valence-electron chi connectivity index (χ2n) is 3.69. The maximum atomic E-state index is 11.7. The Morgan fingerprint density at radius 1 is 1.53 bits per heavy atom. The number of ether oxygens (including phenoxy) is 1. The zero-order chi connectivity index (χ0) is 11.3. The normalized spacial score (nSPS) is 20.8. The molecular weight excluding hydrogens is 216 g/mol. The van der Waals surface area contributed by atoms with Crippen LogP contribution in [0.1, 0.15) is 6.92 Å². The van der Waals surface area contributed by atoms with Gasteiger partial charge in [0.25, 0.3) is 0 Å². The number of nitrogens with one attached hydrogen (secondary N) is 1. The predicted molar refractivity (Wildman–Crippen MR) is 59.3 cm³/mol. The number of rotatable bonds is 3. The van der Waals surface area contributed by atoms with Crippen LogP contribution in [0.4, 0.5) is 4.79 Å². The van der Waals surface area contributed by atoms with Gasteiger partial charge in [-0.3, -0.25) is 4.21 Å². The van der Waals surface area contributed by atoms with Gasteiger partial charge in [0.05, 0.1) is 13.2 Å². The van der Waals surface area contributed by atoms with Crippen molar-refractivity contribution in [3.63, 3.8) is 0 Å². The Labute approximate surface area is 92.6 Å². The minimum atomic E-state index is -0.875. The zero-order valence-electron chi connectivity index (χ0n) is 9.19. The van der Waals surface area contributed by atoms with Crippen LogP contribution >= 0.6 is 0 Å². The third kappa shape index (κ3) is 4.61. The molecule has 88 valence electrons. The second-order valence-corrected chi connectivity index (χ2v) is 5.17. The molecule has 0 aromatic heterocycles. The highest BCUT2D eigenvalue weighted by atomic mass is 32.2. The molecule has 0 spiro atoms. The quantitative estimate of drug-likeness (QED) is 0.735. The lowest BCUT2D eigenvalue weighted by Gasteiger charge is -2.28. The molecule has 0 aromatic carbocycles. The van der Waals surface area contributed by atoms with Gasteiger partial charge in [0.1, 0.15) is 0 Å². The fraction of sp³-hybridized carbons (Fsp3) is 0.889. The van der Waals surface area contributed by atoms with Crippen molar-refractivity contribution >= 4 is 16.8 Å². The van der Waals surface area contributed by atoms with E-state index >= 15 is 0 Å². The van der Waals surface area contributed by atoms with Crippen molar-refractivity contribution in [2.24, 2.45) is 0 Å². The number of nitrogens with zero attached hydrogens (tertiary/aromatic N) is 1. The Balaban J connectivity index is 2.30. The average Bonchev–Trinajstić information content (AvgIpc) is 2.17. The Bertz CT molecular complexity index is 242. The molecule has 0 aromatic rings. The summed E-state index contributed by atoms with van der Waals surface area (Å²) in [5, 5.41) is 2.82. The molecule has 1 aliphatic rings. The third-order valence-electron chi connectivity index (χ3n) is 2.15. The van der Waals surface area contributed by atoms with Gasteiger partial charge in [-0.25, -0.2) is 4.79 Å². The van der Waals surface area contributed by atoms with E-state index in [1.807, 2.05) is 6.92 Å². The lowest BCUT2D eigenvalue weighted by molar-refractivity contribution is 0.0528. The van der Waals surface area contributed by atoms with E-state index in [9.17, 15) is 9.00 Å². The molecule has 2 unspecified atom stereocenters. The minimum Gasteiger partial charge on any atom is -0.378 e. The standard InChI is InChI=1S/C9H18N2O3S/c1-8(7-15(2)13)10-9(12)11-3-5-14-6-4-11/h8H,3-7H2,1-2H3,(H,10,12). The van der Waals surface area contributed by atoms with Gasteiger partial charge >= 0.3 is 6.03 Å². The number of carbonyl (C=O) groups is 1. The largest absolute Gasteiger partial charge is 0.378 e. The van der Waals surface area contributed by atoms with Crippen LogP contribution < -0.4 is 5.32 Å². The van der Waals surface area contributed by atoms with Crippen LogP contribution in [0.25, 0.3) is 0 Å². The lowest BCUT2D eigenvalue weighted by atomic mass is 10.4. The Hall–Kier alpha value is -0.620. The van der Waals surface area contributed by atoms with E-state index in [-0.39, 0.29) is 12.1 Å². The Kier molecular flexibility index (Phi) is 5.04. The van der Waals surface area contributed by atoms with E-state index in [2.05, 4.69) is 5.32 Å². The summed E-state index contributed by atoms with van der Waals surface area (Å²) in [6, 6.07) is -0.137. The fourth-order valence-corrected chi connectivity index (χ4v) is 2.25. The minimum absolute atomic E-state index is 0.0498. The summed E-state index contributed by atoms with van der Waals surface area (Å²) >= 11 is 0. The highest BCUT2D eigenvalue weighted by Gasteiger charge is 2.18. The molecule has 1 aliphatic heterocycles. The summed E-state index contributed by atoms with van der Waals surface area (Å²) in [5.74, 6) is 0.496. The van der Waals surface area contributed by atoms with Crippen LogP contribution in [0.15, 0.2) is 0 Å². The van der Waals surface area contributed by atoms with Crippen LogP contribution in [0.3, 0.4) is 0 Å². The summed E-state index contributed by atoms with van der Waals surface area (Å²) in [6.07, 6.45) is 1.64. The molecule has 6 heteroatoms. The number of hydrogen-bond acceptors (Lipinski definition) is 3. The predicted octanol–water partition coefficient (Wildman–Crippen LogP) is -0.205. The molecule has 0 radical (unpaired) electrons. The molecule has 2 atom stereocenters. The number of carbonyl (C=O) groups excluding carboxylic acids is 1. The molecule has 1 saturated heterocycles. The smallest absolute Gasteiger partial charge is 0.317 e. The van der Waals surface area contributed by atoms with E-state index in [0.29, 0.717) is 32.1 Å². The molecule has 1 heterocycles. The van der Waals surface area contributed by atoms with Gasteiger partial charge in [-0.05, 0) is 6.92 Å². The first-order chi connectivity index (χ1) is 7.09. The number of hydrogen-bond donors (Lipinski definition) is 1. The summed E-state index contributed by atoms with van der Waals surface area (Å²) in [7, 11) is -0.875. The maximum absolute atomic E-state index is 11.7. The van der Waals surface area contributed by atoms with Gasteiger partial charge in [0.15, 0.2) is 0 Å². The second kappa shape index (κ2) is 6.07. The van der Waals surface area contributed by atoms with E-state index in [0.717, 1.165) is 0 Å². The SMILES string of the molecule is CC(CS(C)=O)NC(=O)N1CCOCC1. The Morgan fingerprint density at radius 3 is 2.67 bits per heavy atom. The Morgan fingerprint density at radius 2 is 2.13 bits per heavy atom. The molecule has 1 N–H and O–H groups in total. The monoisotopic (exact) mass is 234 g/mol. The first kappa shape index (κ1) is 12.4. The molecule has 0 bridgehead atoms. The van der Waals surface area contributed by atoms with Crippen molar-refractivity contribution in [1.29, 1.82) is 0 Å². The van der Waals surface area contributed by atoms with Gasteiger partial charge < -0.3 is 15.0 Å². The van der Waals surface area contributed by atoms with E-state index < -0.39 is 10.8 Å². The van der Waals surface area contributed by atoms with Crippen LogP contribution in [-0.2, 0) is 15.5 Å². The molecule has 1 fully saturated rings. The van der Waals surface area contributed by atoms with Crippen LogP contribution in [-0.4, -0.2) is 59.5 Å². The summed E-state index contributed by atoms with van der Waals surface area (Å²) < 4.78 is 16.1. The maximum Gasteiger partial charge on any atom is 0.317 e. The van der Waals surface area contributed by atoms with Crippen LogP contribution in [0.2, 0.25) is 0 Å². The fourth-order valence-electron chi connectivity index (χ4n) is 1.46. The van der Waals surface area contributed by atoms with E-state index in [1.165, 1.54) is 0 Å². The molecular formula is C9H18N2O3S. The number of amides is 2. The van der Waals surface area contributed by atoms with E-state index in [1.54, 1.807) is 11.2 Å². The van der Waals surface area contributed by atoms with Crippen molar-refractivity contribution in [1.82, 2.24) is 10.2 Å². The van der Waals surface area contributed by atoms with Crippen molar-refractivity contribution < 1.29 is 13.7 Å². The van der Waals surface area contributed by atoms with Crippen molar-refractivity contribution in [3.8, 4) is 0 Å². The van der Waals surface area contributed by atoms with Crippen molar-refractivity contribution in [2.75, 3.05) is 38.3 Å². The molecule has 0 saturated carbocycles.